The first-order valence-electron chi connectivity index (χ1n) is 8.36. The van der Waals surface area contributed by atoms with Crippen molar-refractivity contribution < 1.29 is 4.52 Å². The standard InChI is InChI=1S/C17H25N5O/c1-12(2)11-22-8-4-5-15(22)10-19-16-9-14(6-7-18-16)17-20-13(3)21-23-17/h6-7,9,12,15H,4-5,8,10-11H2,1-3H3,(H,18,19)/t15-/m0/s1. The molecule has 6 nitrogen and oxygen atoms in total. The molecule has 1 aliphatic rings. The summed E-state index contributed by atoms with van der Waals surface area (Å²) in [4.78, 5) is 11.2. The van der Waals surface area contributed by atoms with Gasteiger partial charge in [0.15, 0.2) is 5.82 Å². The van der Waals surface area contributed by atoms with Crippen LogP contribution in [-0.4, -0.2) is 45.7 Å². The Morgan fingerprint density at radius 1 is 1.43 bits per heavy atom. The number of hydrogen-bond acceptors (Lipinski definition) is 6. The third-order valence-corrected chi connectivity index (χ3v) is 4.15. The lowest BCUT2D eigenvalue weighted by atomic mass is 10.1. The van der Waals surface area contributed by atoms with Crippen LogP contribution in [0.2, 0.25) is 0 Å². The molecule has 3 heterocycles. The van der Waals surface area contributed by atoms with Gasteiger partial charge in [-0.15, -0.1) is 0 Å². The van der Waals surface area contributed by atoms with Crippen LogP contribution < -0.4 is 5.32 Å². The van der Waals surface area contributed by atoms with Crippen LogP contribution in [0, 0.1) is 12.8 Å². The maximum atomic E-state index is 5.22. The monoisotopic (exact) mass is 315 g/mol. The van der Waals surface area contributed by atoms with Crippen LogP contribution in [0.3, 0.4) is 0 Å². The molecule has 6 heteroatoms. The number of anilines is 1. The predicted octanol–water partition coefficient (Wildman–Crippen LogP) is 2.97. The molecule has 0 aliphatic carbocycles. The van der Waals surface area contributed by atoms with E-state index in [9.17, 15) is 0 Å². The normalized spacial score (nSPS) is 18.7. The number of pyridine rings is 1. The summed E-state index contributed by atoms with van der Waals surface area (Å²) in [7, 11) is 0. The summed E-state index contributed by atoms with van der Waals surface area (Å²) in [6, 6.07) is 4.45. The second kappa shape index (κ2) is 7.08. The molecule has 0 radical (unpaired) electrons. The first-order chi connectivity index (χ1) is 11.1. The smallest absolute Gasteiger partial charge is 0.258 e. The number of nitrogens with zero attached hydrogens (tertiary/aromatic N) is 4. The average Bonchev–Trinajstić information content (AvgIpc) is 3.14. The third kappa shape index (κ3) is 4.07. The van der Waals surface area contributed by atoms with E-state index in [0.717, 1.165) is 17.9 Å². The molecule has 23 heavy (non-hydrogen) atoms. The van der Waals surface area contributed by atoms with E-state index in [0.29, 0.717) is 23.7 Å². The molecular weight excluding hydrogens is 290 g/mol. The topological polar surface area (TPSA) is 67.1 Å². The highest BCUT2D eigenvalue weighted by Gasteiger charge is 2.24. The van der Waals surface area contributed by atoms with Gasteiger partial charge in [-0.25, -0.2) is 4.98 Å². The largest absolute Gasteiger partial charge is 0.368 e. The van der Waals surface area contributed by atoms with Crippen LogP contribution in [0.5, 0.6) is 0 Å². The number of aromatic nitrogens is 3. The molecule has 1 N–H and O–H groups in total. The molecule has 124 valence electrons. The Labute approximate surface area is 137 Å². The van der Waals surface area contributed by atoms with E-state index < -0.39 is 0 Å². The summed E-state index contributed by atoms with van der Waals surface area (Å²) in [6.45, 7) is 9.67. The molecule has 2 aromatic heterocycles. The van der Waals surface area contributed by atoms with Gasteiger partial charge in [-0.3, -0.25) is 4.90 Å². The number of rotatable bonds is 6. The van der Waals surface area contributed by atoms with Crippen molar-refractivity contribution in [2.45, 2.75) is 39.7 Å². The Morgan fingerprint density at radius 3 is 3.04 bits per heavy atom. The number of aryl methyl sites for hydroxylation is 1. The van der Waals surface area contributed by atoms with E-state index in [2.05, 4.69) is 39.2 Å². The van der Waals surface area contributed by atoms with Crippen molar-refractivity contribution in [3.8, 4) is 11.5 Å². The number of hydrogen-bond donors (Lipinski definition) is 1. The molecule has 0 aromatic carbocycles. The Balaban J connectivity index is 1.62. The Morgan fingerprint density at radius 2 is 2.30 bits per heavy atom. The lowest BCUT2D eigenvalue weighted by molar-refractivity contribution is 0.234. The average molecular weight is 315 g/mol. The first kappa shape index (κ1) is 15.9. The van der Waals surface area contributed by atoms with E-state index in [-0.39, 0.29) is 0 Å². The van der Waals surface area contributed by atoms with Crippen molar-refractivity contribution in [3.05, 3.63) is 24.2 Å². The summed E-state index contributed by atoms with van der Waals surface area (Å²) in [5, 5.41) is 7.30. The highest BCUT2D eigenvalue weighted by molar-refractivity contribution is 5.57. The van der Waals surface area contributed by atoms with Crippen molar-refractivity contribution in [2.24, 2.45) is 5.92 Å². The minimum Gasteiger partial charge on any atom is -0.368 e. The van der Waals surface area contributed by atoms with Gasteiger partial charge in [-0.05, 0) is 44.4 Å². The fourth-order valence-corrected chi connectivity index (χ4v) is 3.13. The molecular formula is C17H25N5O. The lowest BCUT2D eigenvalue weighted by Crippen LogP contribution is -2.37. The molecule has 3 rings (SSSR count). The quantitative estimate of drug-likeness (QED) is 0.884. The van der Waals surface area contributed by atoms with E-state index >= 15 is 0 Å². The summed E-state index contributed by atoms with van der Waals surface area (Å²) in [5.41, 5.74) is 0.897. The molecule has 1 atom stereocenters. The van der Waals surface area contributed by atoms with Crippen LogP contribution in [-0.2, 0) is 0 Å². The minimum atomic E-state index is 0.537. The van der Waals surface area contributed by atoms with Gasteiger partial charge < -0.3 is 9.84 Å². The molecule has 0 amide bonds. The minimum absolute atomic E-state index is 0.537. The van der Waals surface area contributed by atoms with Crippen LogP contribution in [0.4, 0.5) is 5.82 Å². The lowest BCUT2D eigenvalue weighted by Gasteiger charge is -2.26. The van der Waals surface area contributed by atoms with E-state index in [1.54, 1.807) is 6.20 Å². The SMILES string of the molecule is Cc1noc(-c2ccnc(NC[C@@H]3CCCN3CC(C)C)c2)n1. The van der Waals surface area contributed by atoms with Crippen molar-refractivity contribution in [3.63, 3.8) is 0 Å². The number of nitrogens with one attached hydrogen (secondary N) is 1. The van der Waals surface area contributed by atoms with Crippen LogP contribution in [0.15, 0.2) is 22.9 Å². The van der Waals surface area contributed by atoms with Gasteiger partial charge in [0.05, 0.1) is 0 Å². The number of likely N-dealkylation sites (tertiary alicyclic amines) is 1. The second-order valence-corrected chi connectivity index (χ2v) is 6.64. The summed E-state index contributed by atoms with van der Waals surface area (Å²) >= 11 is 0. The molecule has 1 aliphatic heterocycles. The van der Waals surface area contributed by atoms with E-state index in [1.807, 2.05) is 19.1 Å². The zero-order valence-electron chi connectivity index (χ0n) is 14.1. The van der Waals surface area contributed by atoms with E-state index in [4.69, 9.17) is 4.52 Å². The van der Waals surface area contributed by atoms with Gasteiger partial charge in [0, 0.05) is 30.9 Å². The Bertz CT molecular complexity index is 639. The van der Waals surface area contributed by atoms with Crippen molar-refractivity contribution in [1.82, 2.24) is 20.0 Å². The molecule has 1 fully saturated rings. The zero-order valence-corrected chi connectivity index (χ0v) is 14.1. The maximum absolute atomic E-state index is 5.22. The molecule has 2 aromatic rings. The molecule has 0 bridgehead atoms. The van der Waals surface area contributed by atoms with Gasteiger partial charge in [0.2, 0.25) is 0 Å². The molecule has 0 unspecified atom stereocenters. The molecule has 0 saturated carbocycles. The van der Waals surface area contributed by atoms with Crippen molar-refractivity contribution in [2.75, 3.05) is 25.0 Å². The van der Waals surface area contributed by atoms with Gasteiger partial charge in [-0.2, -0.15) is 4.98 Å². The van der Waals surface area contributed by atoms with Crippen molar-refractivity contribution in [1.29, 1.82) is 0 Å². The van der Waals surface area contributed by atoms with Gasteiger partial charge in [0.1, 0.15) is 5.82 Å². The highest BCUT2D eigenvalue weighted by atomic mass is 16.5. The molecule has 0 spiro atoms. The van der Waals surface area contributed by atoms with Crippen molar-refractivity contribution >= 4 is 5.82 Å². The molecule has 1 saturated heterocycles. The van der Waals surface area contributed by atoms with Crippen LogP contribution >= 0.6 is 0 Å². The maximum Gasteiger partial charge on any atom is 0.258 e. The fraction of sp³-hybridized carbons (Fsp3) is 0.588. The van der Waals surface area contributed by atoms with Gasteiger partial charge >= 0.3 is 0 Å². The first-order valence-corrected chi connectivity index (χ1v) is 8.36. The predicted molar refractivity (Wildman–Crippen MR) is 90.2 cm³/mol. The fourth-order valence-electron chi connectivity index (χ4n) is 3.13. The summed E-state index contributed by atoms with van der Waals surface area (Å²) in [5.74, 6) is 2.74. The third-order valence-electron chi connectivity index (χ3n) is 4.15. The highest BCUT2D eigenvalue weighted by Crippen LogP contribution is 2.21. The van der Waals surface area contributed by atoms with E-state index in [1.165, 1.54) is 25.9 Å². The summed E-state index contributed by atoms with van der Waals surface area (Å²) in [6.07, 6.45) is 4.31. The second-order valence-electron chi connectivity index (χ2n) is 6.64. The van der Waals surface area contributed by atoms with Crippen LogP contribution in [0.1, 0.15) is 32.5 Å². The Hall–Kier alpha value is -1.95. The van der Waals surface area contributed by atoms with Crippen LogP contribution in [0.25, 0.3) is 11.5 Å². The Kier molecular flexibility index (Phi) is 4.91. The van der Waals surface area contributed by atoms with Gasteiger partial charge in [-0.1, -0.05) is 19.0 Å². The zero-order chi connectivity index (χ0) is 16.2. The summed E-state index contributed by atoms with van der Waals surface area (Å²) < 4.78 is 5.22. The van der Waals surface area contributed by atoms with Gasteiger partial charge in [0.25, 0.3) is 5.89 Å².